The first kappa shape index (κ1) is 19.7. The van der Waals surface area contributed by atoms with Crippen molar-refractivity contribution < 1.29 is 22.4 Å². The topological polar surface area (TPSA) is 74.5 Å². The first-order valence-corrected chi connectivity index (χ1v) is 9.26. The summed E-state index contributed by atoms with van der Waals surface area (Å²) in [6.45, 7) is 1.68. The Balaban J connectivity index is 1.36. The number of carbonyl (C=O) groups excluding carboxylic acids is 1. The van der Waals surface area contributed by atoms with Gasteiger partial charge in [-0.2, -0.15) is 13.2 Å². The molecule has 1 aromatic carbocycles. The van der Waals surface area contributed by atoms with Crippen LogP contribution in [0.4, 0.5) is 29.5 Å². The molecule has 2 aromatic heterocycles. The Morgan fingerprint density at radius 2 is 1.73 bits per heavy atom. The number of alkyl halides is 3. The van der Waals surface area contributed by atoms with E-state index in [0.29, 0.717) is 43.5 Å². The van der Waals surface area contributed by atoms with Crippen molar-refractivity contribution >= 4 is 17.5 Å². The van der Waals surface area contributed by atoms with Crippen molar-refractivity contribution in [2.45, 2.75) is 6.18 Å². The van der Waals surface area contributed by atoms with Gasteiger partial charge in [-0.25, -0.2) is 4.79 Å². The van der Waals surface area contributed by atoms with Crippen LogP contribution in [-0.2, 0) is 6.18 Å². The Morgan fingerprint density at radius 3 is 2.37 bits per heavy atom. The Kier molecular flexibility index (Phi) is 5.30. The number of hydrogen-bond acceptors (Lipinski definition) is 5. The van der Waals surface area contributed by atoms with Crippen LogP contribution in [0, 0.1) is 0 Å². The Morgan fingerprint density at radius 1 is 0.967 bits per heavy atom. The van der Waals surface area contributed by atoms with Crippen molar-refractivity contribution in [3.8, 4) is 11.5 Å². The molecule has 1 aliphatic rings. The third-order valence-corrected chi connectivity index (χ3v) is 4.79. The number of hydrogen-bond donors (Lipinski definition) is 1. The van der Waals surface area contributed by atoms with Crippen LogP contribution >= 0.6 is 0 Å². The molecule has 7 nitrogen and oxygen atoms in total. The summed E-state index contributed by atoms with van der Waals surface area (Å²) in [5, 5.41) is 10.7. The summed E-state index contributed by atoms with van der Waals surface area (Å²) < 4.78 is 44.6. The van der Waals surface area contributed by atoms with Crippen LogP contribution in [0.1, 0.15) is 5.56 Å². The molecule has 0 radical (unpaired) electrons. The van der Waals surface area contributed by atoms with E-state index in [0.717, 1.165) is 6.07 Å². The van der Waals surface area contributed by atoms with Crippen molar-refractivity contribution in [3.63, 3.8) is 0 Å². The fourth-order valence-electron chi connectivity index (χ4n) is 3.22. The smallest absolute Gasteiger partial charge is 0.418 e. The number of piperazine rings is 1. The lowest BCUT2D eigenvalue weighted by molar-refractivity contribution is -0.136. The van der Waals surface area contributed by atoms with E-state index in [1.807, 2.05) is 11.0 Å². The number of furan rings is 1. The van der Waals surface area contributed by atoms with Crippen LogP contribution in [0.25, 0.3) is 11.5 Å². The van der Waals surface area contributed by atoms with Gasteiger partial charge in [0.25, 0.3) is 0 Å². The number of urea groups is 1. The lowest BCUT2D eigenvalue weighted by atomic mass is 10.1. The summed E-state index contributed by atoms with van der Waals surface area (Å²) in [5.41, 5.74) is -0.509. The van der Waals surface area contributed by atoms with Gasteiger partial charge in [0, 0.05) is 26.2 Å². The molecule has 0 spiro atoms. The molecular formula is C20H18F3N5O2. The van der Waals surface area contributed by atoms with Crippen LogP contribution in [0.15, 0.2) is 59.2 Å². The van der Waals surface area contributed by atoms with Gasteiger partial charge < -0.3 is 19.5 Å². The zero-order chi connectivity index (χ0) is 21.1. The van der Waals surface area contributed by atoms with Gasteiger partial charge in [-0.3, -0.25) is 0 Å². The summed E-state index contributed by atoms with van der Waals surface area (Å²) in [5.74, 6) is 1.28. The molecule has 30 heavy (non-hydrogen) atoms. The highest BCUT2D eigenvalue weighted by atomic mass is 19.4. The monoisotopic (exact) mass is 417 g/mol. The summed E-state index contributed by atoms with van der Waals surface area (Å²) in [4.78, 5) is 15.9. The molecule has 1 aliphatic heterocycles. The van der Waals surface area contributed by atoms with Gasteiger partial charge in [0.2, 0.25) is 0 Å². The highest BCUT2D eigenvalue weighted by molar-refractivity contribution is 5.90. The van der Waals surface area contributed by atoms with E-state index in [4.69, 9.17) is 4.42 Å². The molecule has 3 aromatic rings. The number of para-hydroxylation sites is 1. The summed E-state index contributed by atoms with van der Waals surface area (Å²) in [6, 6.07) is 11.5. The average molecular weight is 417 g/mol. The number of anilines is 2. The second-order valence-electron chi connectivity index (χ2n) is 6.70. The normalized spacial score (nSPS) is 14.6. The molecule has 2 amide bonds. The zero-order valence-electron chi connectivity index (χ0n) is 15.8. The van der Waals surface area contributed by atoms with E-state index in [1.54, 1.807) is 24.5 Å². The number of amides is 2. The van der Waals surface area contributed by atoms with Crippen LogP contribution in [0.5, 0.6) is 0 Å². The summed E-state index contributed by atoms with van der Waals surface area (Å²) in [6.07, 6.45) is -2.98. The van der Waals surface area contributed by atoms with Gasteiger partial charge in [-0.05, 0) is 36.4 Å². The lowest BCUT2D eigenvalue weighted by Crippen LogP contribution is -2.50. The lowest BCUT2D eigenvalue weighted by Gasteiger charge is -2.35. The van der Waals surface area contributed by atoms with E-state index in [-0.39, 0.29) is 5.69 Å². The fraction of sp³-hybridized carbons (Fsp3) is 0.250. The maximum Gasteiger partial charge on any atom is 0.418 e. The first-order valence-electron chi connectivity index (χ1n) is 9.26. The molecule has 10 heteroatoms. The minimum absolute atomic E-state index is 0.253. The van der Waals surface area contributed by atoms with E-state index in [1.165, 1.54) is 23.1 Å². The number of benzene rings is 1. The average Bonchev–Trinajstić information content (AvgIpc) is 3.29. The molecule has 1 saturated heterocycles. The number of rotatable bonds is 3. The molecule has 0 aliphatic carbocycles. The van der Waals surface area contributed by atoms with Crippen LogP contribution in [0.3, 0.4) is 0 Å². The molecular weight excluding hydrogens is 399 g/mol. The van der Waals surface area contributed by atoms with Crippen molar-refractivity contribution in [2.24, 2.45) is 0 Å². The fourth-order valence-corrected chi connectivity index (χ4v) is 3.22. The Hall–Kier alpha value is -3.56. The third-order valence-electron chi connectivity index (χ3n) is 4.79. The highest BCUT2D eigenvalue weighted by Crippen LogP contribution is 2.34. The molecule has 1 fully saturated rings. The van der Waals surface area contributed by atoms with Gasteiger partial charge in [-0.1, -0.05) is 12.1 Å². The highest BCUT2D eigenvalue weighted by Gasteiger charge is 2.34. The van der Waals surface area contributed by atoms with E-state index in [9.17, 15) is 18.0 Å². The standard InChI is InChI=1S/C20H18F3N5O2/c21-20(22,23)14-4-1-2-5-15(14)24-19(29)28-11-9-27(10-12-28)18-8-7-16(25-26-18)17-6-3-13-30-17/h1-8,13H,9-12H2,(H,24,29). The van der Waals surface area contributed by atoms with Crippen molar-refractivity contribution in [1.82, 2.24) is 15.1 Å². The Bertz CT molecular complexity index is 998. The molecule has 1 N–H and O–H groups in total. The number of nitrogens with zero attached hydrogens (tertiary/aromatic N) is 4. The molecule has 0 saturated carbocycles. The maximum atomic E-state index is 13.1. The molecule has 0 atom stereocenters. The number of nitrogens with one attached hydrogen (secondary N) is 1. The summed E-state index contributed by atoms with van der Waals surface area (Å²) >= 11 is 0. The molecule has 0 bridgehead atoms. The largest absolute Gasteiger partial charge is 0.463 e. The van der Waals surface area contributed by atoms with Crippen molar-refractivity contribution in [3.05, 3.63) is 60.4 Å². The van der Waals surface area contributed by atoms with E-state index >= 15 is 0 Å². The SMILES string of the molecule is O=C(Nc1ccccc1C(F)(F)F)N1CCN(c2ccc(-c3ccco3)nn2)CC1. The molecule has 0 unspecified atom stereocenters. The van der Waals surface area contributed by atoms with Crippen LogP contribution < -0.4 is 10.2 Å². The van der Waals surface area contributed by atoms with Crippen LogP contribution in [-0.4, -0.2) is 47.3 Å². The summed E-state index contributed by atoms with van der Waals surface area (Å²) in [7, 11) is 0. The van der Waals surface area contributed by atoms with Gasteiger partial charge in [0.1, 0.15) is 5.69 Å². The second-order valence-corrected chi connectivity index (χ2v) is 6.70. The van der Waals surface area contributed by atoms with Gasteiger partial charge in [-0.15, -0.1) is 10.2 Å². The predicted octanol–water partition coefficient (Wildman–Crippen LogP) is 4.11. The van der Waals surface area contributed by atoms with Gasteiger partial charge in [0.05, 0.1) is 17.5 Å². The molecule has 156 valence electrons. The quantitative estimate of drug-likeness (QED) is 0.694. The number of aromatic nitrogens is 2. The third kappa shape index (κ3) is 4.22. The minimum atomic E-state index is -4.54. The first-order chi connectivity index (χ1) is 14.4. The second kappa shape index (κ2) is 8.05. The van der Waals surface area contributed by atoms with Gasteiger partial charge in [0.15, 0.2) is 11.6 Å². The predicted molar refractivity (Wildman–Crippen MR) is 104 cm³/mol. The van der Waals surface area contributed by atoms with Gasteiger partial charge >= 0.3 is 12.2 Å². The Labute approximate surface area is 170 Å². The van der Waals surface area contributed by atoms with Crippen molar-refractivity contribution in [2.75, 3.05) is 36.4 Å². The van der Waals surface area contributed by atoms with Crippen molar-refractivity contribution in [1.29, 1.82) is 0 Å². The number of carbonyl (C=O) groups is 1. The molecule has 4 rings (SSSR count). The minimum Gasteiger partial charge on any atom is -0.463 e. The molecule has 3 heterocycles. The maximum absolute atomic E-state index is 13.1. The number of halogens is 3. The van der Waals surface area contributed by atoms with E-state index < -0.39 is 17.8 Å². The van der Waals surface area contributed by atoms with E-state index in [2.05, 4.69) is 15.5 Å². The van der Waals surface area contributed by atoms with Crippen LogP contribution in [0.2, 0.25) is 0 Å². The zero-order valence-corrected chi connectivity index (χ0v) is 15.8.